The van der Waals surface area contributed by atoms with E-state index in [-0.39, 0.29) is 24.2 Å². The van der Waals surface area contributed by atoms with Crippen LogP contribution in [-0.2, 0) is 19.6 Å². The Bertz CT molecular complexity index is 1110. The van der Waals surface area contributed by atoms with Crippen molar-refractivity contribution >= 4 is 26.9 Å². The van der Waals surface area contributed by atoms with Gasteiger partial charge in [0, 0.05) is 17.5 Å². The molecule has 0 aliphatic heterocycles. The van der Waals surface area contributed by atoms with Crippen molar-refractivity contribution in [2.45, 2.75) is 37.4 Å². The Balaban J connectivity index is 1.78. The maximum Gasteiger partial charge on any atom is 0.309 e. The third-order valence-electron chi connectivity index (χ3n) is 5.63. The minimum absolute atomic E-state index is 0.0487. The molecule has 0 bridgehead atoms. The zero-order valence-corrected chi connectivity index (χ0v) is 16.6. The largest absolute Gasteiger partial charge is 0.466 e. The van der Waals surface area contributed by atoms with Gasteiger partial charge < -0.3 is 4.74 Å². The molecule has 0 amide bonds. The van der Waals surface area contributed by atoms with E-state index in [0.29, 0.717) is 18.5 Å². The zero-order chi connectivity index (χ0) is 20.1. The second kappa shape index (κ2) is 6.58. The van der Waals surface area contributed by atoms with Crippen LogP contribution in [0.4, 0.5) is 4.39 Å². The average Bonchev–Trinajstić information content (AvgIpc) is 3.37. The first-order valence-corrected chi connectivity index (χ1v) is 10.8. The van der Waals surface area contributed by atoms with Crippen molar-refractivity contribution in [1.29, 1.82) is 0 Å². The SMILES string of the molecule is CCOC(=O)[C@@H]1C[C@H]1c1cn(S(=O)(=O)C2(C)C=CC(F)=CC2)c2ccccc12. The number of nitrogens with zero attached hydrogens (tertiary/aromatic N) is 1. The Morgan fingerprint density at radius 2 is 2.11 bits per heavy atom. The first-order valence-electron chi connectivity index (χ1n) is 9.35. The normalized spacial score (nSPS) is 26.9. The minimum atomic E-state index is -3.84. The molecule has 1 aromatic heterocycles. The van der Waals surface area contributed by atoms with Gasteiger partial charge in [-0.25, -0.2) is 16.8 Å². The molecule has 1 unspecified atom stereocenters. The van der Waals surface area contributed by atoms with Crippen LogP contribution in [0, 0.1) is 5.92 Å². The Morgan fingerprint density at radius 3 is 2.79 bits per heavy atom. The Morgan fingerprint density at radius 1 is 1.36 bits per heavy atom. The molecule has 0 spiro atoms. The predicted molar refractivity (Wildman–Crippen MR) is 105 cm³/mol. The molecule has 4 rings (SSSR count). The van der Waals surface area contributed by atoms with E-state index in [0.717, 1.165) is 10.9 Å². The van der Waals surface area contributed by atoms with Gasteiger partial charge in [0.05, 0.1) is 18.0 Å². The van der Waals surface area contributed by atoms with E-state index < -0.39 is 20.6 Å². The summed E-state index contributed by atoms with van der Waals surface area (Å²) in [6.45, 7) is 3.69. The Labute approximate surface area is 163 Å². The molecule has 0 radical (unpaired) electrons. The molecule has 2 aliphatic carbocycles. The molecule has 1 saturated carbocycles. The summed E-state index contributed by atoms with van der Waals surface area (Å²) in [6, 6.07) is 7.26. The summed E-state index contributed by atoms with van der Waals surface area (Å²) >= 11 is 0. The maximum absolute atomic E-state index is 13.5. The molecule has 1 fully saturated rings. The number of allylic oxidation sites excluding steroid dienone is 3. The van der Waals surface area contributed by atoms with E-state index in [9.17, 15) is 17.6 Å². The van der Waals surface area contributed by atoms with E-state index >= 15 is 0 Å². The first kappa shape index (κ1) is 18.9. The van der Waals surface area contributed by atoms with Crippen LogP contribution in [0.5, 0.6) is 0 Å². The first-order chi connectivity index (χ1) is 13.3. The molecular weight excluding hydrogens is 381 g/mol. The van der Waals surface area contributed by atoms with Gasteiger partial charge in [-0.05, 0) is 50.5 Å². The lowest BCUT2D eigenvalue weighted by Crippen LogP contribution is -2.38. The number of fused-ring (bicyclic) bond motifs is 1. The zero-order valence-electron chi connectivity index (χ0n) is 15.8. The number of esters is 1. The van der Waals surface area contributed by atoms with Crippen LogP contribution in [0.1, 0.15) is 38.2 Å². The fraction of sp³-hybridized carbons (Fsp3) is 0.381. The third kappa shape index (κ3) is 2.89. The number of benzene rings is 1. The number of ether oxygens (including phenoxy) is 1. The molecule has 0 saturated heterocycles. The average molecular weight is 403 g/mol. The van der Waals surface area contributed by atoms with E-state index in [1.807, 2.05) is 12.1 Å². The van der Waals surface area contributed by atoms with E-state index in [2.05, 4.69) is 0 Å². The minimum Gasteiger partial charge on any atom is -0.466 e. The number of para-hydroxylation sites is 1. The van der Waals surface area contributed by atoms with Crippen molar-refractivity contribution in [3.05, 3.63) is 60.1 Å². The molecule has 5 nitrogen and oxygen atoms in total. The molecule has 7 heteroatoms. The number of carbonyl (C=O) groups is 1. The third-order valence-corrected chi connectivity index (χ3v) is 7.94. The highest BCUT2D eigenvalue weighted by atomic mass is 32.2. The summed E-state index contributed by atoms with van der Waals surface area (Å²) in [7, 11) is -3.84. The van der Waals surface area contributed by atoms with Crippen LogP contribution in [-0.4, -0.2) is 29.7 Å². The van der Waals surface area contributed by atoms with Gasteiger partial charge in [-0.2, -0.15) is 0 Å². The van der Waals surface area contributed by atoms with Crippen molar-refractivity contribution < 1.29 is 22.3 Å². The van der Waals surface area contributed by atoms with Gasteiger partial charge in [0.25, 0.3) is 0 Å². The molecule has 148 valence electrons. The lowest BCUT2D eigenvalue weighted by Gasteiger charge is -2.27. The van der Waals surface area contributed by atoms with Crippen LogP contribution < -0.4 is 0 Å². The molecule has 0 N–H and O–H groups in total. The van der Waals surface area contributed by atoms with E-state index in [1.165, 1.54) is 22.2 Å². The van der Waals surface area contributed by atoms with E-state index in [1.54, 1.807) is 32.2 Å². The smallest absolute Gasteiger partial charge is 0.309 e. The highest BCUT2D eigenvalue weighted by Gasteiger charge is 2.47. The van der Waals surface area contributed by atoms with Gasteiger partial charge in [-0.3, -0.25) is 4.79 Å². The van der Waals surface area contributed by atoms with Crippen LogP contribution >= 0.6 is 0 Å². The lowest BCUT2D eigenvalue weighted by atomic mass is 10.0. The van der Waals surface area contributed by atoms with Crippen molar-refractivity contribution in [1.82, 2.24) is 3.97 Å². The quantitative estimate of drug-likeness (QED) is 0.707. The predicted octanol–water partition coefficient (Wildman–Crippen LogP) is 4.06. The van der Waals surface area contributed by atoms with Gasteiger partial charge in [-0.1, -0.05) is 24.3 Å². The van der Waals surface area contributed by atoms with Crippen LogP contribution in [0.3, 0.4) is 0 Å². The lowest BCUT2D eigenvalue weighted by molar-refractivity contribution is -0.144. The molecule has 2 aromatic rings. The van der Waals surface area contributed by atoms with Gasteiger partial charge >= 0.3 is 5.97 Å². The molecular formula is C21H22FNO4S. The number of halogens is 1. The second-order valence-electron chi connectivity index (χ2n) is 7.54. The van der Waals surface area contributed by atoms with Crippen molar-refractivity contribution in [2.24, 2.45) is 5.92 Å². The molecule has 28 heavy (non-hydrogen) atoms. The number of hydrogen-bond acceptors (Lipinski definition) is 4. The molecule has 2 aliphatic rings. The van der Waals surface area contributed by atoms with Crippen LogP contribution in [0.25, 0.3) is 10.9 Å². The number of aromatic nitrogens is 1. The van der Waals surface area contributed by atoms with Gasteiger partial charge in [0.15, 0.2) is 0 Å². The summed E-state index contributed by atoms with van der Waals surface area (Å²) in [4.78, 5) is 12.1. The van der Waals surface area contributed by atoms with E-state index in [4.69, 9.17) is 4.74 Å². The fourth-order valence-corrected chi connectivity index (χ4v) is 5.48. The van der Waals surface area contributed by atoms with Crippen molar-refractivity contribution in [2.75, 3.05) is 6.61 Å². The van der Waals surface area contributed by atoms with Crippen LogP contribution in [0.2, 0.25) is 0 Å². The summed E-state index contributed by atoms with van der Waals surface area (Å²) in [5.41, 5.74) is 1.40. The van der Waals surface area contributed by atoms with Crippen molar-refractivity contribution in [3.63, 3.8) is 0 Å². The van der Waals surface area contributed by atoms with Crippen molar-refractivity contribution in [3.8, 4) is 0 Å². The highest BCUT2D eigenvalue weighted by molar-refractivity contribution is 7.91. The standard InChI is InChI=1S/C21H22FNO4S/c1-3-27-20(24)17-12-16(17)18-13-23(19-7-5-4-6-15(18)19)28(25,26)21(2)10-8-14(22)9-11-21/h4-10,13,16-17H,3,11-12H2,1-2H3/t16-,17-,21?/m1/s1. The maximum atomic E-state index is 13.5. The Hall–Kier alpha value is -2.41. The van der Waals surface area contributed by atoms with Gasteiger partial charge in [0.1, 0.15) is 10.6 Å². The van der Waals surface area contributed by atoms with Crippen LogP contribution in [0.15, 0.2) is 54.5 Å². The summed E-state index contributed by atoms with van der Waals surface area (Å²) < 4.78 is 45.5. The summed E-state index contributed by atoms with van der Waals surface area (Å²) in [5, 5.41) is 0.813. The number of hydrogen-bond donors (Lipinski definition) is 0. The topological polar surface area (TPSA) is 65.4 Å². The van der Waals surface area contributed by atoms with Gasteiger partial charge in [-0.15, -0.1) is 0 Å². The number of rotatable bonds is 5. The number of carbonyl (C=O) groups excluding carboxylic acids is 1. The monoisotopic (exact) mass is 403 g/mol. The highest BCUT2D eigenvalue weighted by Crippen LogP contribution is 2.51. The Kier molecular flexibility index (Phi) is 4.45. The summed E-state index contributed by atoms with van der Waals surface area (Å²) in [5.74, 6) is -0.951. The molecule has 1 aromatic carbocycles. The fourth-order valence-electron chi connectivity index (χ4n) is 3.83. The second-order valence-corrected chi connectivity index (χ2v) is 9.82. The van der Waals surface area contributed by atoms with Gasteiger partial charge in [0.2, 0.25) is 10.0 Å². The molecule has 3 atom stereocenters. The summed E-state index contributed by atoms with van der Waals surface area (Å²) in [6.07, 6.45) is 6.24. The molecule has 1 heterocycles.